The van der Waals surface area contributed by atoms with Gasteiger partial charge in [0.05, 0.1) is 12.1 Å². The third kappa shape index (κ3) is 3.85. The van der Waals surface area contributed by atoms with Crippen molar-refractivity contribution in [1.29, 1.82) is 0 Å². The first kappa shape index (κ1) is 15.1. The molecule has 1 atom stereocenters. The van der Waals surface area contributed by atoms with Crippen LogP contribution in [0, 0.1) is 6.92 Å². The summed E-state index contributed by atoms with van der Waals surface area (Å²) in [7, 11) is 0. The van der Waals surface area contributed by atoms with E-state index in [1.54, 1.807) is 11.8 Å². The Labute approximate surface area is 125 Å². The highest BCUT2D eigenvalue weighted by molar-refractivity contribution is 7.99. The first-order valence-corrected chi connectivity index (χ1v) is 7.77. The van der Waals surface area contributed by atoms with Gasteiger partial charge in [-0.05, 0) is 31.0 Å². The molecule has 20 heavy (non-hydrogen) atoms. The molecule has 0 radical (unpaired) electrons. The average Bonchev–Trinajstić information content (AvgIpc) is 2.50. The zero-order chi connectivity index (χ0) is 14.4. The lowest BCUT2D eigenvalue weighted by atomic mass is 9.89. The molecule has 0 aliphatic rings. The maximum absolute atomic E-state index is 9.64. The van der Waals surface area contributed by atoms with E-state index in [0.29, 0.717) is 0 Å². The fraction of sp³-hybridized carbons (Fsp3) is 0.294. The molecular weight excluding hydrogens is 266 g/mol. The summed E-state index contributed by atoms with van der Waals surface area (Å²) in [6.07, 6.45) is 0.742. The fourth-order valence-corrected chi connectivity index (χ4v) is 3.10. The van der Waals surface area contributed by atoms with Crippen molar-refractivity contribution in [3.63, 3.8) is 0 Å². The molecule has 1 unspecified atom stereocenters. The molecule has 0 fully saturated rings. The van der Waals surface area contributed by atoms with E-state index >= 15 is 0 Å². The van der Waals surface area contributed by atoms with E-state index in [1.807, 2.05) is 30.3 Å². The molecule has 106 valence electrons. The van der Waals surface area contributed by atoms with Crippen LogP contribution in [-0.2, 0) is 5.54 Å². The van der Waals surface area contributed by atoms with E-state index in [0.717, 1.165) is 17.7 Å². The Morgan fingerprint density at radius 2 is 1.70 bits per heavy atom. The zero-order valence-corrected chi connectivity index (χ0v) is 12.6. The van der Waals surface area contributed by atoms with E-state index in [9.17, 15) is 5.11 Å². The fourth-order valence-electron chi connectivity index (χ4n) is 2.07. The van der Waals surface area contributed by atoms with Gasteiger partial charge >= 0.3 is 0 Å². The molecule has 0 saturated heterocycles. The van der Waals surface area contributed by atoms with Crippen molar-refractivity contribution in [3.05, 3.63) is 65.7 Å². The molecular formula is C17H21NOS. The molecule has 0 aliphatic carbocycles. The summed E-state index contributed by atoms with van der Waals surface area (Å²) >= 11 is 1.77. The lowest BCUT2D eigenvalue weighted by molar-refractivity contribution is 0.193. The summed E-state index contributed by atoms with van der Waals surface area (Å²) in [6.45, 7) is 2.05. The summed E-state index contributed by atoms with van der Waals surface area (Å²) in [6, 6.07) is 18.3. The topological polar surface area (TPSA) is 46.2 Å². The molecule has 3 heteroatoms. The third-order valence-corrected chi connectivity index (χ3v) is 4.48. The van der Waals surface area contributed by atoms with E-state index < -0.39 is 5.54 Å². The molecule has 0 bridgehead atoms. The summed E-state index contributed by atoms with van der Waals surface area (Å²) < 4.78 is 0. The van der Waals surface area contributed by atoms with Crippen LogP contribution < -0.4 is 5.73 Å². The van der Waals surface area contributed by atoms with E-state index in [1.165, 1.54) is 10.5 Å². The van der Waals surface area contributed by atoms with Gasteiger partial charge in [0.15, 0.2) is 0 Å². The van der Waals surface area contributed by atoms with Gasteiger partial charge in [-0.25, -0.2) is 0 Å². The predicted octanol–water partition coefficient (Wildman–Crippen LogP) is 3.32. The number of aliphatic hydroxyl groups is 1. The monoisotopic (exact) mass is 287 g/mol. The standard InChI is InChI=1S/C17H21NOS/c1-14-7-9-16(10-8-14)20-12-11-17(18,13-19)15-5-3-2-4-6-15/h2-10,19H,11-13,18H2,1H3. The van der Waals surface area contributed by atoms with Crippen LogP contribution in [-0.4, -0.2) is 17.5 Å². The molecule has 3 N–H and O–H groups in total. The van der Waals surface area contributed by atoms with Crippen molar-refractivity contribution in [1.82, 2.24) is 0 Å². The van der Waals surface area contributed by atoms with Crippen molar-refractivity contribution in [2.45, 2.75) is 23.8 Å². The Balaban J connectivity index is 1.96. The minimum absolute atomic E-state index is 0.0362. The molecule has 2 rings (SSSR count). The SMILES string of the molecule is Cc1ccc(SCCC(N)(CO)c2ccccc2)cc1. The average molecular weight is 287 g/mol. The molecule has 0 amide bonds. The Morgan fingerprint density at radius 3 is 2.30 bits per heavy atom. The van der Waals surface area contributed by atoms with Crippen LogP contribution in [0.1, 0.15) is 17.5 Å². The third-order valence-electron chi connectivity index (χ3n) is 3.47. The Kier molecular flexibility index (Phi) is 5.24. The second-order valence-corrected chi connectivity index (χ2v) is 6.26. The van der Waals surface area contributed by atoms with Crippen LogP contribution >= 0.6 is 11.8 Å². The highest BCUT2D eigenvalue weighted by Crippen LogP contribution is 2.26. The summed E-state index contributed by atoms with van der Waals surface area (Å²) in [4.78, 5) is 1.24. The predicted molar refractivity (Wildman–Crippen MR) is 85.9 cm³/mol. The van der Waals surface area contributed by atoms with Gasteiger partial charge in [-0.3, -0.25) is 0 Å². The summed E-state index contributed by atoms with van der Waals surface area (Å²) in [5.74, 6) is 0.884. The van der Waals surface area contributed by atoms with Gasteiger partial charge in [-0.1, -0.05) is 48.0 Å². The number of thioether (sulfide) groups is 1. The minimum Gasteiger partial charge on any atom is -0.394 e. The molecule has 0 aromatic heterocycles. The van der Waals surface area contributed by atoms with Crippen LogP contribution in [0.3, 0.4) is 0 Å². The van der Waals surface area contributed by atoms with Crippen LogP contribution in [0.2, 0.25) is 0 Å². The van der Waals surface area contributed by atoms with Crippen LogP contribution in [0.15, 0.2) is 59.5 Å². The molecule has 0 saturated carbocycles. The maximum Gasteiger partial charge on any atom is 0.0653 e. The van der Waals surface area contributed by atoms with Crippen LogP contribution in [0.5, 0.6) is 0 Å². The van der Waals surface area contributed by atoms with E-state index in [-0.39, 0.29) is 6.61 Å². The molecule has 0 heterocycles. The Hall–Kier alpha value is -1.29. The number of hydrogen-bond acceptors (Lipinski definition) is 3. The quantitative estimate of drug-likeness (QED) is 0.801. The second kappa shape index (κ2) is 6.93. The number of hydrogen-bond donors (Lipinski definition) is 2. The molecule has 2 nitrogen and oxygen atoms in total. The Morgan fingerprint density at radius 1 is 1.05 bits per heavy atom. The van der Waals surface area contributed by atoms with Crippen molar-refractivity contribution < 1.29 is 5.11 Å². The smallest absolute Gasteiger partial charge is 0.0653 e. The minimum atomic E-state index is -0.654. The second-order valence-electron chi connectivity index (χ2n) is 5.09. The van der Waals surface area contributed by atoms with Gasteiger partial charge in [0, 0.05) is 10.6 Å². The number of aliphatic hydroxyl groups excluding tert-OH is 1. The van der Waals surface area contributed by atoms with Crippen molar-refractivity contribution >= 4 is 11.8 Å². The number of benzene rings is 2. The van der Waals surface area contributed by atoms with Gasteiger partial charge in [-0.2, -0.15) is 0 Å². The maximum atomic E-state index is 9.64. The van der Waals surface area contributed by atoms with Gasteiger partial charge < -0.3 is 10.8 Å². The number of nitrogens with two attached hydrogens (primary N) is 1. The van der Waals surface area contributed by atoms with Crippen molar-refractivity contribution in [2.75, 3.05) is 12.4 Å². The summed E-state index contributed by atoms with van der Waals surface area (Å²) in [5.41, 5.74) is 7.95. The molecule has 0 aliphatic heterocycles. The first-order chi connectivity index (χ1) is 9.64. The lowest BCUT2D eigenvalue weighted by Gasteiger charge is -2.27. The van der Waals surface area contributed by atoms with Crippen LogP contribution in [0.25, 0.3) is 0 Å². The normalized spacial score (nSPS) is 13.9. The lowest BCUT2D eigenvalue weighted by Crippen LogP contribution is -2.41. The molecule has 2 aromatic rings. The van der Waals surface area contributed by atoms with E-state index in [2.05, 4.69) is 31.2 Å². The first-order valence-electron chi connectivity index (χ1n) is 6.79. The largest absolute Gasteiger partial charge is 0.394 e. The van der Waals surface area contributed by atoms with Crippen molar-refractivity contribution in [3.8, 4) is 0 Å². The molecule has 0 spiro atoms. The summed E-state index contributed by atoms with van der Waals surface area (Å²) in [5, 5.41) is 9.64. The van der Waals surface area contributed by atoms with Crippen LogP contribution in [0.4, 0.5) is 0 Å². The number of aryl methyl sites for hydroxylation is 1. The van der Waals surface area contributed by atoms with Gasteiger partial charge in [-0.15, -0.1) is 11.8 Å². The van der Waals surface area contributed by atoms with Crippen molar-refractivity contribution in [2.24, 2.45) is 5.73 Å². The van der Waals surface area contributed by atoms with Gasteiger partial charge in [0.25, 0.3) is 0 Å². The Bertz CT molecular complexity index is 526. The van der Waals surface area contributed by atoms with Gasteiger partial charge in [0.1, 0.15) is 0 Å². The van der Waals surface area contributed by atoms with E-state index in [4.69, 9.17) is 5.73 Å². The molecule has 2 aromatic carbocycles. The zero-order valence-electron chi connectivity index (χ0n) is 11.8. The number of rotatable bonds is 6. The highest BCUT2D eigenvalue weighted by Gasteiger charge is 2.25. The van der Waals surface area contributed by atoms with Gasteiger partial charge in [0.2, 0.25) is 0 Å². The highest BCUT2D eigenvalue weighted by atomic mass is 32.2.